The maximum atomic E-state index is 11.8. The van der Waals surface area contributed by atoms with Crippen LogP contribution >= 0.6 is 0 Å². The fraction of sp³-hybridized carbons (Fsp3) is 0.444. The van der Waals surface area contributed by atoms with Crippen LogP contribution in [0.4, 0.5) is 0 Å². The standard InChI is InChI=1S/C18H22O5/c1-5-6-7-13-10-16(19)23-15-9-11(2)8-14(17(13)15)22-12(3)18(20)21-4/h8-10,12H,5-7H2,1-4H3. The monoisotopic (exact) mass is 318 g/mol. The van der Waals surface area contributed by atoms with E-state index in [1.807, 2.05) is 19.1 Å². The molecule has 0 aliphatic heterocycles. The van der Waals surface area contributed by atoms with Gasteiger partial charge in [0, 0.05) is 6.07 Å². The summed E-state index contributed by atoms with van der Waals surface area (Å²) in [5.41, 5.74) is 1.88. The molecule has 23 heavy (non-hydrogen) atoms. The second-order valence-corrected chi connectivity index (χ2v) is 5.61. The molecule has 5 nitrogen and oxygen atoms in total. The van der Waals surface area contributed by atoms with Gasteiger partial charge in [0.2, 0.25) is 0 Å². The SMILES string of the molecule is CCCCc1cc(=O)oc2cc(C)cc(OC(C)C(=O)OC)c12. The highest BCUT2D eigenvalue weighted by Gasteiger charge is 2.19. The van der Waals surface area contributed by atoms with Crippen molar-refractivity contribution >= 4 is 16.9 Å². The van der Waals surface area contributed by atoms with Crippen molar-refractivity contribution in [1.82, 2.24) is 0 Å². The first kappa shape index (κ1) is 17.1. The van der Waals surface area contributed by atoms with E-state index in [2.05, 4.69) is 6.92 Å². The molecule has 1 aromatic carbocycles. The highest BCUT2D eigenvalue weighted by molar-refractivity contribution is 5.88. The van der Waals surface area contributed by atoms with Gasteiger partial charge in [0.05, 0.1) is 12.5 Å². The van der Waals surface area contributed by atoms with E-state index >= 15 is 0 Å². The molecule has 0 spiro atoms. The molecule has 0 bridgehead atoms. The Labute approximate surface area is 135 Å². The fourth-order valence-electron chi connectivity index (χ4n) is 2.53. The summed E-state index contributed by atoms with van der Waals surface area (Å²) in [5.74, 6) is 0.0832. The Hall–Kier alpha value is -2.30. The quantitative estimate of drug-likeness (QED) is 0.603. The van der Waals surface area contributed by atoms with Gasteiger partial charge in [-0.25, -0.2) is 9.59 Å². The van der Waals surface area contributed by atoms with Crippen LogP contribution < -0.4 is 10.4 Å². The molecule has 2 rings (SSSR count). The minimum atomic E-state index is -0.740. The van der Waals surface area contributed by atoms with Crippen molar-refractivity contribution in [2.75, 3.05) is 7.11 Å². The van der Waals surface area contributed by atoms with E-state index in [9.17, 15) is 9.59 Å². The van der Waals surface area contributed by atoms with Crippen LogP contribution in [-0.2, 0) is 16.0 Å². The number of carbonyl (C=O) groups excluding carboxylic acids is 1. The van der Waals surface area contributed by atoms with Gasteiger partial charge in [-0.2, -0.15) is 0 Å². The van der Waals surface area contributed by atoms with Gasteiger partial charge in [0.15, 0.2) is 6.10 Å². The van der Waals surface area contributed by atoms with Crippen molar-refractivity contribution in [3.63, 3.8) is 0 Å². The first-order valence-corrected chi connectivity index (χ1v) is 7.78. The molecular formula is C18H22O5. The summed E-state index contributed by atoms with van der Waals surface area (Å²) >= 11 is 0. The summed E-state index contributed by atoms with van der Waals surface area (Å²) in [5, 5.41) is 0.749. The normalized spacial score (nSPS) is 12.2. The van der Waals surface area contributed by atoms with Gasteiger partial charge in [0.25, 0.3) is 0 Å². The highest BCUT2D eigenvalue weighted by atomic mass is 16.6. The zero-order valence-electron chi connectivity index (χ0n) is 14.0. The topological polar surface area (TPSA) is 65.7 Å². The summed E-state index contributed by atoms with van der Waals surface area (Å²) < 4.78 is 15.8. The Kier molecular flexibility index (Phi) is 5.42. The van der Waals surface area contributed by atoms with Crippen molar-refractivity contribution in [2.45, 2.75) is 46.1 Å². The molecule has 0 aliphatic rings. The molecule has 0 fully saturated rings. The largest absolute Gasteiger partial charge is 0.478 e. The lowest BCUT2D eigenvalue weighted by molar-refractivity contribution is -0.147. The van der Waals surface area contributed by atoms with Crippen molar-refractivity contribution in [2.24, 2.45) is 0 Å². The first-order chi connectivity index (χ1) is 11.0. The molecule has 0 aliphatic carbocycles. The van der Waals surface area contributed by atoms with Gasteiger partial charge in [-0.1, -0.05) is 13.3 Å². The molecule has 0 radical (unpaired) electrons. The van der Waals surface area contributed by atoms with Gasteiger partial charge in [-0.3, -0.25) is 0 Å². The zero-order chi connectivity index (χ0) is 17.0. The number of carbonyl (C=O) groups is 1. The lowest BCUT2D eigenvalue weighted by Gasteiger charge is -2.16. The average molecular weight is 318 g/mol. The van der Waals surface area contributed by atoms with Crippen molar-refractivity contribution < 1.29 is 18.7 Å². The van der Waals surface area contributed by atoms with E-state index in [1.54, 1.807) is 6.92 Å². The van der Waals surface area contributed by atoms with Crippen LogP contribution in [0.25, 0.3) is 11.0 Å². The molecule has 0 saturated carbocycles. The van der Waals surface area contributed by atoms with Crippen LogP contribution in [0.1, 0.15) is 37.8 Å². The molecular weight excluding hydrogens is 296 g/mol. The summed E-state index contributed by atoms with van der Waals surface area (Å²) in [7, 11) is 1.32. The maximum Gasteiger partial charge on any atom is 0.346 e. The molecule has 0 amide bonds. The van der Waals surface area contributed by atoms with Crippen molar-refractivity contribution in [3.05, 3.63) is 39.7 Å². The predicted octanol–water partition coefficient (Wildman–Crippen LogP) is 3.38. The number of unbranched alkanes of at least 4 members (excludes halogenated alkanes) is 1. The molecule has 2 aromatic rings. The lowest BCUT2D eigenvalue weighted by Crippen LogP contribution is -2.25. The number of esters is 1. The van der Waals surface area contributed by atoms with E-state index < -0.39 is 12.1 Å². The van der Waals surface area contributed by atoms with Crippen LogP contribution in [0.5, 0.6) is 5.75 Å². The van der Waals surface area contributed by atoms with Gasteiger partial charge in [-0.15, -0.1) is 0 Å². The number of ether oxygens (including phenoxy) is 2. The Morgan fingerprint density at radius 3 is 2.70 bits per heavy atom. The minimum Gasteiger partial charge on any atom is -0.478 e. The first-order valence-electron chi connectivity index (χ1n) is 7.78. The van der Waals surface area contributed by atoms with Crippen molar-refractivity contribution in [3.8, 4) is 5.75 Å². The Morgan fingerprint density at radius 1 is 1.30 bits per heavy atom. The third kappa shape index (κ3) is 3.92. The summed E-state index contributed by atoms with van der Waals surface area (Å²) in [6.07, 6.45) is 1.99. The molecule has 5 heteroatoms. The molecule has 1 heterocycles. The van der Waals surface area contributed by atoms with Crippen LogP contribution in [0.2, 0.25) is 0 Å². The van der Waals surface area contributed by atoms with Crippen LogP contribution in [0.3, 0.4) is 0 Å². The van der Waals surface area contributed by atoms with E-state index in [4.69, 9.17) is 13.9 Å². The van der Waals surface area contributed by atoms with Crippen LogP contribution in [-0.4, -0.2) is 19.2 Å². The van der Waals surface area contributed by atoms with E-state index in [-0.39, 0.29) is 5.63 Å². The summed E-state index contributed by atoms with van der Waals surface area (Å²) in [6, 6.07) is 5.15. The fourth-order valence-corrected chi connectivity index (χ4v) is 2.53. The Morgan fingerprint density at radius 2 is 2.04 bits per heavy atom. The Bertz CT molecular complexity index is 760. The average Bonchev–Trinajstić information content (AvgIpc) is 2.50. The smallest absolute Gasteiger partial charge is 0.346 e. The number of rotatable bonds is 6. The Balaban J connectivity index is 2.57. The molecule has 124 valence electrons. The van der Waals surface area contributed by atoms with Crippen molar-refractivity contribution in [1.29, 1.82) is 0 Å². The number of hydrogen-bond acceptors (Lipinski definition) is 5. The second-order valence-electron chi connectivity index (χ2n) is 5.61. The molecule has 1 aromatic heterocycles. The van der Waals surface area contributed by atoms with Gasteiger partial charge in [-0.05, 0) is 49.9 Å². The maximum absolute atomic E-state index is 11.8. The third-order valence-electron chi connectivity index (χ3n) is 3.67. The van der Waals surface area contributed by atoms with Gasteiger partial charge >= 0.3 is 11.6 Å². The second kappa shape index (κ2) is 7.31. The minimum absolute atomic E-state index is 0.374. The third-order valence-corrected chi connectivity index (χ3v) is 3.67. The van der Waals surface area contributed by atoms with Gasteiger partial charge < -0.3 is 13.9 Å². The van der Waals surface area contributed by atoms with Gasteiger partial charge in [0.1, 0.15) is 11.3 Å². The number of aryl methyl sites for hydroxylation is 2. The number of hydrogen-bond donors (Lipinski definition) is 0. The lowest BCUT2D eigenvalue weighted by atomic mass is 10.0. The number of methoxy groups -OCH3 is 1. The number of fused-ring (bicyclic) bond motifs is 1. The zero-order valence-corrected chi connectivity index (χ0v) is 14.0. The van der Waals surface area contributed by atoms with Crippen LogP contribution in [0.15, 0.2) is 27.4 Å². The summed E-state index contributed by atoms with van der Waals surface area (Å²) in [6.45, 7) is 5.60. The molecule has 0 N–H and O–H groups in total. The van der Waals surface area contributed by atoms with E-state index in [0.29, 0.717) is 11.3 Å². The van der Waals surface area contributed by atoms with Crippen LogP contribution in [0, 0.1) is 6.92 Å². The molecule has 0 saturated heterocycles. The highest BCUT2D eigenvalue weighted by Crippen LogP contribution is 2.31. The number of benzene rings is 1. The predicted molar refractivity (Wildman–Crippen MR) is 87.9 cm³/mol. The van der Waals surface area contributed by atoms with E-state index in [0.717, 1.165) is 35.8 Å². The summed E-state index contributed by atoms with van der Waals surface area (Å²) in [4.78, 5) is 23.4. The molecule has 1 atom stereocenters. The van der Waals surface area contributed by atoms with E-state index in [1.165, 1.54) is 13.2 Å². The molecule has 1 unspecified atom stereocenters.